The molecule has 2 aromatic rings. The highest BCUT2D eigenvalue weighted by atomic mass is 16.5. The quantitative estimate of drug-likeness (QED) is 0.883. The number of H-pyrrole nitrogens is 1. The first kappa shape index (κ1) is 17.7. The number of fused-ring (bicyclic) bond motifs is 2. The molecule has 0 spiro atoms. The van der Waals surface area contributed by atoms with Crippen LogP contribution in [0.4, 0.5) is 0 Å². The highest BCUT2D eigenvalue weighted by molar-refractivity contribution is 5.87. The van der Waals surface area contributed by atoms with Gasteiger partial charge in [-0.3, -0.25) is 9.59 Å². The van der Waals surface area contributed by atoms with Gasteiger partial charge in [0.1, 0.15) is 0 Å². The van der Waals surface area contributed by atoms with Gasteiger partial charge in [0.2, 0.25) is 11.8 Å². The molecule has 3 fully saturated rings. The van der Waals surface area contributed by atoms with E-state index in [1.54, 1.807) is 0 Å². The summed E-state index contributed by atoms with van der Waals surface area (Å²) >= 11 is 0. The van der Waals surface area contributed by atoms with E-state index in [9.17, 15) is 9.59 Å². The van der Waals surface area contributed by atoms with Crippen LogP contribution in [0.5, 0.6) is 0 Å². The highest BCUT2D eigenvalue weighted by Crippen LogP contribution is 2.43. The third kappa shape index (κ3) is 2.82. The van der Waals surface area contributed by atoms with Crippen LogP contribution in [-0.2, 0) is 20.7 Å². The lowest BCUT2D eigenvalue weighted by Gasteiger charge is -2.30. The van der Waals surface area contributed by atoms with Crippen LogP contribution in [0.15, 0.2) is 30.5 Å². The minimum Gasteiger partial charge on any atom is -0.380 e. The molecule has 1 aromatic heterocycles. The molecule has 3 aliphatic heterocycles. The molecule has 28 heavy (non-hydrogen) atoms. The summed E-state index contributed by atoms with van der Waals surface area (Å²) in [6, 6.07) is 8.18. The summed E-state index contributed by atoms with van der Waals surface area (Å²) in [5.74, 6) is 0.491. The molecule has 0 unspecified atom stereocenters. The van der Waals surface area contributed by atoms with Crippen molar-refractivity contribution in [2.75, 3.05) is 39.4 Å². The zero-order valence-corrected chi connectivity index (χ0v) is 16.2. The minimum atomic E-state index is -0.513. The number of carbonyl (C=O) groups is 2. The van der Waals surface area contributed by atoms with Crippen molar-refractivity contribution >= 4 is 22.7 Å². The number of hydrogen-bond acceptors (Lipinski definition) is 3. The van der Waals surface area contributed by atoms with Crippen molar-refractivity contribution < 1.29 is 14.3 Å². The van der Waals surface area contributed by atoms with Crippen LogP contribution in [0.25, 0.3) is 10.9 Å². The minimum absolute atomic E-state index is 0.137. The van der Waals surface area contributed by atoms with Gasteiger partial charge < -0.3 is 19.5 Å². The van der Waals surface area contributed by atoms with Crippen LogP contribution >= 0.6 is 0 Å². The number of ether oxygens (including phenoxy) is 1. The van der Waals surface area contributed by atoms with Gasteiger partial charge in [-0.15, -0.1) is 0 Å². The van der Waals surface area contributed by atoms with E-state index in [1.165, 1.54) is 10.9 Å². The molecule has 148 valence electrons. The van der Waals surface area contributed by atoms with Crippen LogP contribution in [0, 0.1) is 11.3 Å². The molecule has 2 amide bonds. The second-order valence-corrected chi connectivity index (χ2v) is 8.50. The van der Waals surface area contributed by atoms with E-state index in [1.807, 2.05) is 28.1 Å². The van der Waals surface area contributed by atoms with Gasteiger partial charge in [-0.1, -0.05) is 18.2 Å². The van der Waals surface area contributed by atoms with Gasteiger partial charge in [0.05, 0.1) is 18.6 Å². The van der Waals surface area contributed by atoms with Crippen molar-refractivity contribution in [3.63, 3.8) is 0 Å². The number of rotatable bonds is 4. The highest BCUT2D eigenvalue weighted by Gasteiger charge is 2.57. The van der Waals surface area contributed by atoms with Crippen LogP contribution < -0.4 is 0 Å². The molecule has 3 saturated heterocycles. The van der Waals surface area contributed by atoms with Gasteiger partial charge >= 0.3 is 0 Å². The Kier molecular flexibility index (Phi) is 4.38. The molecule has 0 radical (unpaired) electrons. The van der Waals surface area contributed by atoms with Crippen molar-refractivity contribution in [1.82, 2.24) is 14.8 Å². The first-order valence-corrected chi connectivity index (χ1v) is 10.4. The van der Waals surface area contributed by atoms with Crippen LogP contribution in [0.3, 0.4) is 0 Å². The number of aromatic amines is 1. The molecular weight excluding hydrogens is 354 g/mol. The standard InChI is InChI=1S/C22H27N3O3/c26-20(8-7-16-11-23-19-6-2-1-5-18(16)19)25-12-17-13-28-15-22(17,14-25)21(27)24-9-3-4-10-24/h1-2,5-6,11,17,23H,3-4,7-10,12-15H2/t17-,22-/m1/s1. The summed E-state index contributed by atoms with van der Waals surface area (Å²) < 4.78 is 5.70. The second-order valence-electron chi connectivity index (χ2n) is 8.50. The summed E-state index contributed by atoms with van der Waals surface area (Å²) in [6.07, 6.45) is 5.36. The molecule has 6 heteroatoms. The normalized spacial score (nSPS) is 26.9. The van der Waals surface area contributed by atoms with Gasteiger partial charge in [0.25, 0.3) is 0 Å². The molecule has 1 aromatic carbocycles. The van der Waals surface area contributed by atoms with Gasteiger partial charge in [-0.05, 0) is 30.9 Å². The zero-order valence-electron chi connectivity index (χ0n) is 16.2. The molecule has 3 aliphatic rings. The molecule has 0 saturated carbocycles. The summed E-state index contributed by atoms with van der Waals surface area (Å²) in [6.45, 7) is 3.90. The predicted molar refractivity (Wildman–Crippen MR) is 106 cm³/mol. The number of para-hydroxylation sites is 1. The fraction of sp³-hybridized carbons (Fsp3) is 0.545. The van der Waals surface area contributed by atoms with Crippen molar-refractivity contribution in [2.24, 2.45) is 11.3 Å². The zero-order chi connectivity index (χ0) is 19.1. The van der Waals surface area contributed by atoms with E-state index < -0.39 is 5.41 Å². The Hall–Kier alpha value is -2.34. The fourth-order valence-electron chi connectivity index (χ4n) is 5.20. The van der Waals surface area contributed by atoms with Gasteiger partial charge in [-0.25, -0.2) is 0 Å². The van der Waals surface area contributed by atoms with Crippen molar-refractivity contribution in [3.05, 3.63) is 36.0 Å². The smallest absolute Gasteiger partial charge is 0.233 e. The number of likely N-dealkylation sites (tertiary alicyclic amines) is 2. The Morgan fingerprint density at radius 3 is 2.86 bits per heavy atom. The van der Waals surface area contributed by atoms with E-state index in [0.717, 1.165) is 31.4 Å². The monoisotopic (exact) mass is 381 g/mol. The first-order valence-electron chi connectivity index (χ1n) is 10.4. The summed E-state index contributed by atoms with van der Waals surface area (Å²) in [5, 5.41) is 1.18. The van der Waals surface area contributed by atoms with Crippen molar-refractivity contribution in [2.45, 2.75) is 25.7 Å². The Labute approximate surface area is 164 Å². The third-order valence-electron chi connectivity index (χ3n) is 6.83. The Bertz CT molecular complexity index is 901. The maximum absolute atomic E-state index is 13.2. The third-order valence-corrected chi connectivity index (χ3v) is 6.83. The first-order chi connectivity index (χ1) is 13.7. The van der Waals surface area contributed by atoms with Gasteiger partial charge in [0, 0.05) is 55.6 Å². The van der Waals surface area contributed by atoms with Crippen molar-refractivity contribution in [1.29, 1.82) is 0 Å². The van der Waals surface area contributed by atoms with Crippen LogP contribution in [0.2, 0.25) is 0 Å². The van der Waals surface area contributed by atoms with E-state index in [0.29, 0.717) is 39.1 Å². The van der Waals surface area contributed by atoms with Gasteiger partial charge in [-0.2, -0.15) is 0 Å². The fourth-order valence-corrected chi connectivity index (χ4v) is 5.20. The number of aryl methyl sites for hydroxylation is 1. The number of amides is 2. The lowest BCUT2D eigenvalue weighted by atomic mass is 9.79. The summed E-state index contributed by atoms with van der Waals surface area (Å²) in [7, 11) is 0. The average Bonchev–Trinajstić information content (AvgIpc) is 3.48. The molecule has 2 atom stereocenters. The number of benzene rings is 1. The number of nitrogens with zero attached hydrogens (tertiary/aromatic N) is 2. The molecule has 1 N–H and O–H groups in total. The number of nitrogens with one attached hydrogen (secondary N) is 1. The van der Waals surface area contributed by atoms with Crippen LogP contribution in [-0.4, -0.2) is 66.0 Å². The molecule has 4 heterocycles. The number of aromatic nitrogens is 1. The molecule has 0 aliphatic carbocycles. The molecule has 0 bridgehead atoms. The summed E-state index contributed by atoms with van der Waals surface area (Å²) in [4.78, 5) is 33.3. The van der Waals surface area contributed by atoms with E-state index in [-0.39, 0.29) is 17.7 Å². The largest absolute Gasteiger partial charge is 0.380 e. The lowest BCUT2D eigenvalue weighted by molar-refractivity contribution is -0.142. The molecule has 6 nitrogen and oxygen atoms in total. The maximum atomic E-state index is 13.2. The predicted octanol–water partition coefficient (Wildman–Crippen LogP) is 2.20. The second kappa shape index (κ2) is 6.92. The molecule has 5 rings (SSSR count). The topological polar surface area (TPSA) is 65.6 Å². The Balaban J connectivity index is 1.27. The van der Waals surface area contributed by atoms with E-state index in [4.69, 9.17) is 4.74 Å². The number of hydrogen-bond donors (Lipinski definition) is 1. The Morgan fingerprint density at radius 2 is 2.00 bits per heavy atom. The Morgan fingerprint density at radius 1 is 1.18 bits per heavy atom. The summed E-state index contributed by atoms with van der Waals surface area (Å²) in [5.41, 5.74) is 1.77. The average molecular weight is 381 g/mol. The molecular formula is C22H27N3O3. The van der Waals surface area contributed by atoms with Crippen molar-refractivity contribution in [3.8, 4) is 0 Å². The van der Waals surface area contributed by atoms with E-state index >= 15 is 0 Å². The van der Waals surface area contributed by atoms with Crippen LogP contribution in [0.1, 0.15) is 24.8 Å². The van der Waals surface area contributed by atoms with E-state index in [2.05, 4.69) is 17.1 Å². The SMILES string of the molecule is O=C(CCc1c[nH]c2ccccc12)N1C[C@@H]2COC[C@]2(C(=O)N2CCCC2)C1. The number of carbonyl (C=O) groups excluding carboxylic acids is 2. The maximum Gasteiger partial charge on any atom is 0.233 e. The lowest BCUT2D eigenvalue weighted by Crippen LogP contribution is -2.48. The van der Waals surface area contributed by atoms with Gasteiger partial charge in [0.15, 0.2) is 0 Å².